The van der Waals surface area contributed by atoms with Gasteiger partial charge in [-0.2, -0.15) is 0 Å². The molecule has 0 spiro atoms. The molecule has 0 radical (unpaired) electrons. The number of hydrogen-bond donors (Lipinski definition) is 1. The fraction of sp³-hybridized carbons (Fsp3) is 0.750. The van der Waals surface area contributed by atoms with E-state index in [1.54, 1.807) is 6.26 Å². The molecule has 1 aliphatic heterocycles. The summed E-state index contributed by atoms with van der Waals surface area (Å²) >= 11 is 0. The zero-order valence-electron chi connectivity index (χ0n) is 12.6. The van der Waals surface area contributed by atoms with Gasteiger partial charge in [0.25, 0.3) is 0 Å². The van der Waals surface area contributed by atoms with Crippen LogP contribution in [0, 0.1) is 0 Å². The molecule has 19 heavy (non-hydrogen) atoms. The number of nitrogens with one attached hydrogen (secondary N) is 1. The number of rotatable bonds is 5. The molecule has 3 heteroatoms. The highest BCUT2D eigenvalue weighted by Gasteiger charge is 2.36. The summed E-state index contributed by atoms with van der Waals surface area (Å²) in [7, 11) is 0. The summed E-state index contributed by atoms with van der Waals surface area (Å²) in [5, 5.41) is 3.64. The molecule has 1 atom stereocenters. The van der Waals surface area contributed by atoms with Crippen LogP contribution in [0.1, 0.15) is 58.1 Å². The van der Waals surface area contributed by atoms with Gasteiger partial charge in [-0.25, -0.2) is 0 Å². The Kier molecular flexibility index (Phi) is 5.06. The molecule has 1 aliphatic rings. The first kappa shape index (κ1) is 14.6. The third kappa shape index (κ3) is 3.40. The van der Waals surface area contributed by atoms with Crippen molar-refractivity contribution in [3.63, 3.8) is 0 Å². The maximum absolute atomic E-state index is 5.29. The van der Waals surface area contributed by atoms with E-state index in [4.69, 9.17) is 4.42 Å². The van der Waals surface area contributed by atoms with Crippen molar-refractivity contribution in [2.24, 2.45) is 0 Å². The minimum atomic E-state index is 0.115. The quantitative estimate of drug-likeness (QED) is 0.881. The maximum Gasteiger partial charge on any atom is 0.0951 e. The zero-order chi connectivity index (χ0) is 13.7. The van der Waals surface area contributed by atoms with E-state index in [-0.39, 0.29) is 5.54 Å². The predicted octanol–water partition coefficient (Wildman–Crippen LogP) is 3.58. The van der Waals surface area contributed by atoms with Gasteiger partial charge < -0.3 is 9.73 Å². The van der Waals surface area contributed by atoms with Crippen LogP contribution in [0.4, 0.5) is 0 Å². The van der Waals surface area contributed by atoms with Crippen LogP contribution < -0.4 is 5.32 Å². The fourth-order valence-corrected chi connectivity index (χ4v) is 3.25. The van der Waals surface area contributed by atoms with Gasteiger partial charge in [-0.1, -0.05) is 19.8 Å². The lowest BCUT2D eigenvalue weighted by Crippen LogP contribution is -2.53. The molecule has 0 bridgehead atoms. The van der Waals surface area contributed by atoms with E-state index in [1.165, 1.54) is 44.3 Å². The molecular formula is C16H28N2O. The Hall–Kier alpha value is -0.800. The Bertz CT molecular complexity index is 351. The van der Waals surface area contributed by atoms with E-state index in [0.29, 0.717) is 6.04 Å². The summed E-state index contributed by atoms with van der Waals surface area (Å²) in [6, 6.07) is 2.42. The van der Waals surface area contributed by atoms with Crippen LogP contribution in [0.3, 0.4) is 0 Å². The third-order valence-corrected chi connectivity index (χ3v) is 4.41. The minimum absolute atomic E-state index is 0.115. The van der Waals surface area contributed by atoms with E-state index in [1.807, 2.05) is 6.26 Å². The van der Waals surface area contributed by atoms with Gasteiger partial charge in [0.1, 0.15) is 0 Å². The van der Waals surface area contributed by atoms with Crippen LogP contribution in [0.15, 0.2) is 23.0 Å². The third-order valence-electron chi connectivity index (χ3n) is 4.41. The Morgan fingerprint density at radius 2 is 1.95 bits per heavy atom. The van der Waals surface area contributed by atoms with E-state index in [2.05, 4.69) is 37.1 Å². The first-order chi connectivity index (χ1) is 9.16. The second-order valence-corrected chi connectivity index (χ2v) is 6.10. The van der Waals surface area contributed by atoms with Crippen LogP contribution in [0.2, 0.25) is 0 Å². The van der Waals surface area contributed by atoms with Crippen molar-refractivity contribution in [3.8, 4) is 0 Å². The molecule has 1 unspecified atom stereocenters. The first-order valence-electron chi connectivity index (χ1n) is 7.66. The van der Waals surface area contributed by atoms with Crippen LogP contribution in [-0.2, 0) is 0 Å². The topological polar surface area (TPSA) is 28.4 Å². The molecule has 1 saturated heterocycles. The van der Waals surface area contributed by atoms with Gasteiger partial charge >= 0.3 is 0 Å². The SMILES string of the molecule is CCNC(c1ccoc1)C(C)(C)N1CCCCCC1. The highest BCUT2D eigenvalue weighted by molar-refractivity contribution is 5.17. The van der Waals surface area contributed by atoms with Gasteiger partial charge in [-0.3, -0.25) is 4.90 Å². The van der Waals surface area contributed by atoms with Crippen molar-refractivity contribution in [3.05, 3.63) is 24.2 Å². The van der Waals surface area contributed by atoms with E-state index in [0.717, 1.165) is 6.54 Å². The Labute approximate surface area is 117 Å². The molecule has 2 heterocycles. The largest absolute Gasteiger partial charge is 0.472 e. The molecule has 2 rings (SSSR count). The molecule has 1 fully saturated rings. The van der Waals surface area contributed by atoms with Crippen LogP contribution >= 0.6 is 0 Å². The van der Waals surface area contributed by atoms with Crippen LogP contribution in [-0.4, -0.2) is 30.1 Å². The predicted molar refractivity (Wildman–Crippen MR) is 79.2 cm³/mol. The highest BCUT2D eigenvalue weighted by atomic mass is 16.3. The van der Waals surface area contributed by atoms with Crippen molar-refractivity contribution >= 4 is 0 Å². The monoisotopic (exact) mass is 264 g/mol. The molecular weight excluding hydrogens is 236 g/mol. The Balaban J connectivity index is 2.17. The lowest BCUT2D eigenvalue weighted by molar-refractivity contribution is 0.0838. The van der Waals surface area contributed by atoms with Gasteiger partial charge in [0, 0.05) is 11.1 Å². The van der Waals surface area contributed by atoms with Gasteiger partial charge in [-0.05, 0) is 52.4 Å². The number of likely N-dealkylation sites (N-methyl/N-ethyl adjacent to an activating group) is 1. The number of hydrogen-bond acceptors (Lipinski definition) is 3. The summed E-state index contributed by atoms with van der Waals surface area (Å²) in [6.45, 7) is 10.3. The molecule has 1 N–H and O–H groups in total. The summed E-state index contributed by atoms with van der Waals surface area (Å²) < 4.78 is 5.29. The first-order valence-corrected chi connectivity index (χ1v) is 7.66. The standard InChI is InChI=1S/C16H28N2O/c1-4-17-15(14-9-12-19-13-14)16(2,3)18-10-7-5-6-8-11-18/h9,12-13,15,17H,4-8,10-11H2,1-3H3. The van der Waals surface area contributed by atoms with Crippen molar-refractivity contribution < 1.29 is 4.42 Å². The minimum Gasteiger partial charge on any atom is -0.472 e. The van der Waals surface area contributed by atoms with Gasteiger partial charge in [0.05, 0.1) is 18.6 Å². The Morgan fingerprint density at radius 1 is 1.26 bits per heavy atom. The lowest BCUT2D eigenvalue weighted by atomic mass is 9.87. The van der Waals surface area contributed by atoms with Crippen molar-refractivity contribution in [2.75, 3.05) is 19.6 Å². The van der Waals surface area contributed by atoms with Gasteiger partial charge in [0.2, 0.25) is 0 Å². The average Bonchev–Trinajstić information content (AvgIpc) is 2.76. The van der Waals surface area contributed by atoms with Crippen molar-refractivity contribution in [1.82, 2.24) is 10.2 Å². The second kappa shape index (κ2) is 6.58. The zero-order valence-corrected chi connectivity index (χ0v) is 12.6. The van der Waals surface area contributed by atoms with Crippen LogP contribution in [0.5, 0.6) is 0 Å². The number of furan rings is 1. The van der Waals surface area contributed by atoms with E-state index < -0.39 is 0 Å². The number of nitrogens with zero attached hydrogens (tertiary/aromatic N) is 1. The molecule has 0 aromatic carbocycles. The number of likely N-dealkylation sites (tertiary alicyclic amines) is 1. The van der Waals surface area contributed by atoms with Crippen molar-refractivity contribution in [2.45, 2.75) is 58.0 Å². The summed E-state index contributed by atoms with van der Waals surface area (Å²) in [6.07, 6.45) is 9.07. The maximum atomic E-state index is 5.29. The van der Waals surface area contributed by atoms with Crippen molar-refractivity contribution in [1.29, 1.82) is 0 Å². The average molecular weight is 264 g/mol. The summed E-state index contributed by atoms with van der Waals surface area (Å²) in [4.78, 5) is 2.65. The van der Waals surface area contributed by atoms with Gasteiger partial charge in [-0.15, -0.1) is 0 Å². The lowest BCUT2D eigenvalue weighted by Gasteiger charge is -2.44. The molecule has 1 aromatic rings. The van der Waals surface area contributed by atoms with Gasteiger partial charge in [0.15, 0.2) is 0 Å². The normalized spacial score (nSPS) is 20.2. The second-order valence-electron chi connectivity index (χ2n) is 6.10. The smallest absolute Gasteiger partial charge is 0.0951 e. The van der Waals surface area contributed by atoms with Crippen LogP contribution in [0.25, 0.3) is 0 Å². The molecule has 0 aliphatic carbocycles. The molecule has 0 amide bonds. The molecule has 1 aromatic heterocycles. The Morgan fingerprint density at radius 3 is 2.47 bits per heavy atom. The fourth-order valence-electron chi connectivity index (χ4n) is 3.25. The molecule has 3 nitrogen and oxygen atoms in total. The van der Waals surface area contributed by atoms with E-state index in [9.17, 15) is 0 Å². The highest BCUT2D eigenvalue weighted by Crippen LogP contribution is 2.33. The molecule has 108 valence electrons. The summed E-state index contributed by atoms with van der Waals surface area (Å²) in [5.41, 5.74) is 1.38. The summed E-state index contributed by atoms with van der Waals surface area (Å²) in [5.74, 6) is 0. The van der Waals surface area contributed by atoms with E-state index >= 15 is 0 Å². The molecule has 0 saturated carbocycles.